The topological polar surface area (TPSA) is 15.3 Å². The van der Waals surface area contributed by atoms with Gasteiger partial charge in [0.05, 0.1) is 0 Å². The lowest BCUT2D eigenvalue weighted by Crippen LogP contribution is -2.53. The Kier molecular flexibility index (Phi) is 3.13. The number of nitrogens with zero attached hydrogens (tertiary/aromatic N) is 1. The minimum Gasteiger partial charge on any atom is -0.310 e. The third-order valence-corrected chi connectivity index (χ3v) is 4.09. The van der Waals surface area contributed by atoms with E-state index >= 15 is 0 Å². The smallest absolute Gasteiger partial charge is 0.0332 e. The molecule has 0 saturated carbocycles. The lowest BCUT2D eigenvalue weighted by Gasteiger charge is -2.37. The van der Waals surface area contributed by atoms with Crippen molar-refractivity contribution >= 4 is 0 Å². The predicted molar refractivity (Wildman–Crippen MR) is 60.5 cm³/mol. The van der Waals surface area contributed by atoms with Crippen molar-refractivity contribution in [2.24, 2.45) is 5.92 Å². The van der Waals surface area contributed by atoms with Gasteiger partial charge in [-0.25, -0.2) is 0 Å². The molecule has 0 spiro atoms. The SMILES string of the molecule is CC(C)C1(CN2CCCC2)CCCN1. The van der Waals surface area contributed by atoms with Crippen LogP contribution in [0.25, 0.3) is 0 Å². The van der Waals surface area contributed by atoms with E-state index in [1.165, 1.54) is 51.9 Å². The fraction of sp³-hybridized carbons (Fsp3) is 1.00. The standard InChI is InChI=1S/C12H24N2/c1-11(2)12(6-5-7-13-12)10-14-8-3-4-9-14/h11,13H,3-10H2,1-2H3. The highest BCUT2D eigenvalue weighted by Crippen LogP contribution is 2.29. The zero-order valence-electron chi connectivity index (χ0n) is 9.68. The average molecular weight is 196 g/mol. The summed E-state index contributed by atoms with van der Waals surface area (Å²) in [7, 11) is 0. The Labute approximate surface area is 88.1 Å². The van der Waals surface area contributed by atoms with Crippen LogP contribution in [0.1, 0.15) is 39.5 Å². The summed E-state index contributed by atoms with van der Waals surface area (Å²) in [6, 6.07) is 0. The Bertz CT molecular complexity index is 177. The minimum atomic E-state index is 0.435. The van der Waals surface area contributed by atoms with Crippen molar-refractivity contribution in [1.29, 1.82) is 0 Å². The highest BCUT2D eigenvalue weighted by Gasteiger charge is 2.38. The van der Waals surface area contributed by atoms with Crippen molar-refractivity contribution in [3.05, 3.63) is 0 Å². The van der Waals surface area contributed by atoms with Crippen LogP contribution in [-0.4, -0.2) is 36.6 Å². The highest BCUT2D eigenvalue weighted by molar-refractivity contribution is 4.98. The van der Waals surface area contributed by atoms with Gasteiger partial charge in [-0.1, -0.05) is 13.8 Å². The van der Waals surface area contributed by atoms with Gasteiger partial charge in [0.25, 0.3) is 0 Å². The number of hydrogen-bond donors (Lipinski definition) is 1. The molecular formula is C12H24N2. The van der Waals surface area contributed by atoms with Gasteiger partial charge in [-0.05, 0) is 51.2 Å². The van der Waals surface area contributed by atoms with Crippen molar-refractivity contribution in [2.45, 2.75) is 45.1 Å². The molecule has 14 heavy (non-hydrogen) atoms. The summed E-state index contributed by atoms with van der Waals surface area (Å²) in [6.45, 7) is 9.91. The maximum atomic E-state index is 3.75. The van der Waals surface area contributed by atoms with Crippen LogP contribution in [0.4, 0.5) is 0 Å². The van der Waals surface area contributed by atoms with Gasteiger partial charge >= 0.3 is 0 Å². The second kappa shape index (κ2) is 4.19. The molecule has 0 aromatic heterocycles. The van der Waals surface area contributed by atoms with Crippen LogP contribution in [0, 0.1) is 5.92 Å². The minimum absolute atomic E-state index is 0.435. The monoisotopic (exact) mass is 196 g/mol. The van der Waals surface area contributed by atoms with Crippen LogP contribution in [0.2, 0.25) is 0 Å². The van der Waals surface area contributed by atoms with Crippen molar-refractivity contribution in [1.82, 2.24) is 10.2 Å². The summed E-state index contributed by atoms with van der Waals surface area (Å²) in [5.74, 6) is 0.769. The maximum Gasteiger partial charge on any atom is 0.0332 e. The molecule has 2 fully saturated rings. The van der Waals surface area contributed by atoms with Crippen molar-refractivity contribution in [2.75, 3.05) is 26.2 Å². The summed E-state index contributed by atoms with van der Waals surface area (Å²) in [6.07, 6.45) is 5.57. The molecule has 2 saturated heterocycles. The maximum absolute atomic E-state index is 3.75. The van der Waals surface area contributed by atoms with Gasteiger partial charge in [0, 0.05) is 12.1 Å². The second-order valence-corrected chi connectivity index (χ2v) is 5.32. The fourth-order valence-electron chi connectivity index (χ4n) is 2.98. The lowest BCUT2D eigenvalue weighted by molar-refractivity contribution is 0.176. The third-order valence-electron chi connectivity index (χ3n) is 4.09. The Hall–Kier alpha value is -0.0800. The van der Waals surface area contributed by atoms with Gasteiger partial charge in [-0.2, -0.15) is 0 Å². The highest BCUT2D eigenvalue weighted by atomic mass is 15.2. The lowest BCUT2D eigenvalue weighted by atomic mass is 9.84. The average Bonchev–Trinajstić information content (AvgIpc) is 2.76. The fourth-order valence-corrected chi connectivity index (χ4v) is 2.98. The molecule has 0 amide bonds. The molecule has 2 aliphatic rings. The first-order chi connectivity index (χ1) is 6.73. The van der Waals surface area contributed by atoms with Crippen LogP contribution in [0.5, 0.6) is 0 Å². The molecule has 2 nitrogen and oxygen atoms in total. The second-order valence-electron chi connectivity index (χ2n) is 5.32. The van der Waals surface area contributed by atoms with Crippen LogP contribution in [0.3, 0.4) is 0 Å². The first-order valence-corrected chi connectivity index (χ1v) is 6.20. The number of hydrogen-bond acceptors (Lipinski definition) is 2. The first-order valence-electron chi connectivity index (χ1n) is 6.20. The van der Waals surface area contributed by atoms with Gasteiger partial charge in [0.1, 0.15) is 0 Å². The molecular weight excluding hydrogens is 172 g/mol. The molecule has 0 aromatic carbocycles. The molecule has 0 bridgehead atoms. The van der Waals surface area contributed by atoms with E-state index in [-0.39, 0.29) is 0 Å². The van der Waals surface area contributed by atoms with Crippen LogP contribution >= 0.6 is 0 Å². The van der Waals surface area contributed by atoms with E-state index in [0.717, 1.165) is 5.92 Å². The molecule has 2 aliphatic heterocycles. The zero-order valence-corrected chi connectivity index (χ0v) is 9.68. The van der Waals surface area contributed by atoms with Crippen molar-refractivity contribution < 1.29 is 0 Å². The number of likely N-dealkylation sites (tertiary alicyclic amines) is 1. The van der Waals surface area contributed by atoms with Gasteiger partial charge < -0.3 is 10.2 Å². The van der Waals surface area contributed by atoms with E-state index in [2.05, 4.69) is 24.1 Å². The molecule has 0 aliphatic carbocycles. The summed E-state index contributed by atoms with van der Waals surface area (Å²) in [5, 5.41) is 3.75. The Morgan fingerprint density at radius 1 is 1.21 bits per heavy atom. The molecule has 1 N–H and O–H groups in total. The molecule has 1 unspecified atom stereocenters. The summed E-state index contributed by atoms with van der Waals surface area (Å²) in [4.78, 5) is 2.65. The molecule has 82 valence electrons. The van der Waals surface area contributed by atoms with E-state index in [1.54, 1.807) is 0 Å². The van der Waals surface area contributed by atoms with Crippen LogP contribution in [0.15, 0.2) is 0 Å². The summed E-state index contributed by atoms with van der Waals surface area (Å²) in [5.41, 5.74) is 0.435. The molecule has 0 radical (unpaired) electrons. The van der Waals surface area contributed by atoms with E-state index < -0.39 is 0 Å². The Balaban J connectivity index is 1.96. The van der Waals surface area contributed by atoms with E-state index in [4.69, 9.17) is 0 Å². The summed E-state index contributed by atoms with van der Waals surface area (Å²) < 4.78 is 0. The zero-order chi connectivity index (χ0) is 10.0. The van der Waals surface area contributed by atoms with Gasteiger partial charge in [0.2, 0.25) is 0 Å². The van der Waals surface area contributed by atoms with Gasteiger partial charge in [0.15, 0.2) is 0 Å². The quantitative estimate of drug-likeness (QED) is 0.741. The first kappa shape index (κ1) is 10.4. The van der Waals surface area contributed by atoms with Crippen LogP contribution < -0.4 is 5.32 Å². The van der Waals surface area contributed by atoms with Gasteiger partial charge in [-0.3, -0.25) is 0 Å². The molecule has 0 aromatic rings. The van der Waals surface area contributed by atoms with E-state index in [9.17, 15) is 0 Å². The van der Waals surface area contributed by atoms with Gasteiger partial charge in [-0.15, -0.1) is 0 Å². The molecule has 1 atom stereocenters. The number of rotatable bonds is 3. The molecule has 2 heterocycles. The van der Waals surface area contributed by atoms with Crippen LogP contribution in [-0.2, 0) is 0 Å². The van der Waals surface area contributed by atoms with E-state index in [0.29, 0.717) is 5.54 Å². The largest absolute Gasteiger partial charge is 0.310 e. The molecule has 2 heteroatoms. The Morgan fingerprint density at radius 3 is 2.43 bits per heavy atom. The Morgan fingerprint density at radius 2 is 1.93 bits per heavy atom. The van der Waals surface area contributed by atoms with E-state index in [1.807, 2.05) is 0 Å². The third kappa shape index (κ3) is 1.96. The summed E-state index contributed by atoms with van der Waals surface area (Å²) >= 11 is 0. The predicted octanol–water partition coefficient (Wildman–Crippen LogP) is 1.86. The van der Waals surface area contributed by atoms with Crippen molar-refractivity contribution in [3.63, 3.8) is 0 Å². The normalized spacial score (nSPS) is 34.5. The van der Waals surface area contributed by atoms with Crippen molar-refractivity contribution in [3.8, 4) is 0 Å². The molecule has 2 rings (SSSR count). The number of nitrogens with one attached hydrogen (secondary N) is 1.